The maximum atomic E-state index is 12.0. The molecule has 0 spiro atoms. The van der Waals surface area contributed by atoms with E-state index >= 15 is 0 Å². The zero-order valence-electron chi connectivity index (χ0n) is 11.4. The molecular weight excluding hydrogens is 304 g/mol. The van der Waals surface area contributed by atoms with E-state index in [1.165, 1.54) is 16.7 Å². The number of thioether (sulfide) groups is 1. The van der Waals surface area contributed by atoms with Crippen LogP contribution in [0.4, 0.5) is 4.79 Å². The van der Waals surface area contributed by atoms with E-state index in [9.17, 15) is 18.0 Å². The molecule has 2 N–H and O–H groups in total. The fourth-order valence-electron chi connectivity index (χ4n) is 1.87. The Bertz CT molecular complexity index is 452. The number of amides is 2. The first-order valence-electron chi connectivity index (χ1n) is 6.35. The number of sulfone groups is 1. The molecule has 0 aliphatic carbocycles. The second-order valence-corrected chi connectivity index (χ2v) is 7.99. The molecule has 0 bridgehead atoms. The number of hydrogen-bond acceptors (Lipinski definition) is 5. The van der Waals surface area contributed by atoms with Crippen LogP contribution in [-0.2, 0) is 14.6 Å². The van der Waals surface area contributed by atoms with Crippen molar-refractivity contribution in [1.82, 2.24) is 10.2 Å². The Morgan fingerprint density at radius 1 is 1.40 bits per heavy atom. The largest absolute Gasteiger partial charge is 0.481 e. The van der Waals surface area contributed by atoms with E-state index < -0.39 is 27.2 Å². The predicted octanol–water partition coefficient (Wildman–Crippen LogP) is 0.370. The first-order chi connectivity index (χ1) is 9.32. The van der Waals surface area contributed by atoms with Crippen LogP contribution >= 0.6 is 11.8 Å². The standard InChI is InChI=1S/C11H20N2O5S2/c1-20(17,18)9-8-19-7-6-13(9)11(16)12-5-3-2-4-10(14)15/h9H,2-8H2,1H3,(H,12,16)(H,14,15). The van der Waals surface area contributed by atoms with Crippen molar-refractivity contribution in [2.45, 2.75) is 24.6 Å². The molecule has 0 aromatic rings. The maximum absolute atomic E-state index is 12.0. The first-order valence-corrected chi connectivity index (χ1v) is 9.46. The van der Waals surface area contributed by atoms with Crippen molar-refractivity contribution in [3.05, 3.63) is 0 Å². The number of carboxylic acid groups (broad SMARTS) is 1. The average molecular weight is 324 g/mol. The van der Waals surface area contributed by atoms with Crippen LogP contribution in [0.3, 0.4) is 0 Å². The Morgan fingerprint density at radius 2 is 2.10 bits per heavy atom. The van der Waals surface area contributed by atoms with Gasteiger partial charge in [-0.05, 0) is 12.8 Å². The van der Waals surface area contributed by atoms with E-state index in [0.29, 0.717) is 31.7 Å². The number of rotatable bonds is 6. The normalized spacial score (nSPS) is 19.6. The summed E-state index contributed by atoms with van der Waals surface area (Å²) in [6.45, 7) is 0.760. The fourth-order valence-corrected chi connectivity index (χ4v) is 4.68. The summed E-state index contributed by atoms with van der Waals surface area (Å²) in [6, 6.07) is -0.393. The van der Waals surface area contributed by atoms with Crippen molar-refractivity contribution >= 4 is 33.6 Å². The zero-order valence-corrected chi connectivity index (χ0v) is 13.0. The highest BCUT2D eigenvalue weighted by molar-refractivity contribution is 8.00. The number of urea groups is 1. The molecule has 1 fully saturated rings. The molecule has 1 aliphatic rings. The Kier molecular flexibility index (Phi) is 6.60. The topological polar surface area (TPSA) is 104 Å². The third-order valence-electron chi connectivity index (χ3n) is 2.93. The summed E-state index contributed by atoms with van der Waals surface area (Å²) in [7, 11) is -3.30. The highest BCUT2D eigenvalue weighted by Crippen LogP contribution is 2.20. The molecule has 0 radical (unpaired) electrons. The van der Waals surface area contributed by atoms with Gasteiger partial charge in [-0.1, -0.05) is 0 Å². The molecule has 116 valence electrons. The number of hydrogen-bond donors (Lipinski definition) is 2. The van der Waals surface area contributed by atoms with E-state index in [0.717, 1.165) is 12.0 Å². The summed E-state index contributed by atoms with van der Waals surface area (Å²) in [4.78, 5) is 23.7. The molecule has 0 aromatic carbocycles. The van der Waals surface area contributed by atoms with Crippen LogP contribution in [0, 0.1) is 0 Å². The Morgan fingerprint density at radius 3 is 2.70 bits per heavy atom. The SMILES string of the molecule is CS(=O)(=O)C1CSCCN1C(=O)NCCCCC(=O)O. The van der Waals surface area contributed by atoms with E-state index in [1.807, 2.05) is 0 Å². The summed E-state index contributed by atoms with van der Waals surface area (Å²) >= 11 is 1.52. The second-order valence-electron chi connectivity index (χ2n) is 4.64. The molecule has 1 rings (SSSR count). The number of carboxylic acids is 1. The average Bonchev–Trinajstić information content (AvgIpc) is 2.36. The highest BCUT2D eigenvalue weighted by atomic mass is 32.2. The van der Waals surface area contributed by atoms with E-state index in [-0.39, 0.29) is 6.42 Å². The van der Waals surface area contributed by atoms with Gasteiger partial charge in [0.2, 0.25) is 0 Å². The van der Waals surface area contributed by atoms with Crippen LogP contribution in [0.1, 0.15) is 19.3 Å². The van der Waals surface area contributed by atoms with Crippen molar-refractivity contribution in [2.24, 2.45) is 0 Å². The van der Waals surface area contributed by atoms with Crippen molar-refractivity contribution in [3.8, 4) is 0 Å². The van der Waals surface area contributed by atoms with Crippen LogP contribution in [0.2, 0.25) is 0 Å². The lowest BCUT2D eigenvalue weighted by atomic mass is 10.2. The Balaban J connectivity index is 2.42. The minimum absolute atomic E-state index is 0.0716. The molecule has 0 saturated carbocycles. The fraction of sp³-hybridized carbons (Fsp3) is 0.818. The van der Waals surface area contributed by atoms with Crippen LogP contribution in [-0.4, -0.2) is 66.6 Å². The number of nitrogens with zero attached hydrogens (tertiary/aromatic N) is 1. The molecule has 1 heterocycles. The van der Waals surface area contributed by atoms with Crippen molar-refractivity contribution < 1.29 is 23.1 Å². The number of aliphatic carboxylic acids is 1. The van der Waals surface area contributed by atoms with Gasteiger partial charge in [0.05, 0.1) is 0 Å². The van der Waals surface area contributed by atoms with Gasteiger partial charge in [0.25, 0.3) is 0 Å². The van der Waals surface area contributed by atoms with Gasteiger partial charge in [-0.3, -0.25) is 4.79 Å². The number of nitrogens with one attached hydrogen (secondary N) is 1. The smallest absolute Gasteiger partial charge is 0.318 e. The maximum Gasteiger partial charge on any atom is 0.318 e. The number of carbonyl (C=O) groups excluding carboxylic acids is 1. The van der Waals surface area contributed by atoms with Gasteiger partial charge in [-0.25, -0.2) is 13.2 Å². The van der Waals surface area contributed by atoms with Crippen LogP contribution in [0.25, 0.3) is 0 Å². The molecule has 20 heavy (non-hydrogen) atoms. The van der Waals surface area contributed by atoms with Crippen molar-refractivity contribution in [1.29, 1.82) is 0 Å². The monoisotopic (exact) mass is 324 g/mol. The summed E-state index contributed by atoms with van der Waals surface area (Å²) in [5.41, 5.74) is 0. The van der Waals surface area contributed by atoms with Crippen molar-refractivity contribution in [3.63, 3.8) is 0 Å². The second kappa shape index (κ2) is 7.72. The minimum atomic E-state index is -3.30. The van der Waals surface area contributed by atoms with E-state index in [4.69, 9.17) is 5.11 Å². The quantitative estimate of drug-likeness (QED) is 0.684. The van der Waals surface area contributed by atoms with Crippen molar-refractivity contribution in [2.75, 3.05) is 30.9 Å². The molecule has 0 aromatic heterocycles. The summed E-state index contributed by atoms with van der Waals surface area (Å²) < 4.78 is 23.3. The lowest BCUT2D eigenvalue weighted by Crippen LogP contribution is -2.53. The van der Waals surface area contributed by atoms with Gasteiger partial charge in [0.1, 0.15) is 5.37 Å². The van der Waals surface area contributed by atoms with Crippen LogP contribution < -0.4 is 5.32 Å². The van der Waals surface area contributed by atoms with E-state index in [2.05, 4.69) is 5.32 Å². The molecule has 9 heteroatoms. The van der Waals surface area contributed by atoms with Gasteiger partial charge in [0, 0.05) is 37.3 Å². The Labute approximate surface area is 123 Å². The third-order valence-corrected chi connectivity index (χ3v) is 5.58. The van der Waals surface area contributed by atoms with Crippen LogP contribution in [0.15, 0.2) is 0 Å². The molecule has 1 saturated heterocycles. The molecular formula is C11H20N2O5S2. The zero-order chi connectivity index (χ0) is 15.2. The molecule has 7 nitrogen and oxygen atoms in total. The summed E-state index contributed by atoms with van der Waals surface area (Å²) in [5, 5.41) is 10.4. The van der Waals surface area contributed by atoms with Crippen LogP contribution in [0.5, 0.6) is 0 Å². The molecule has 2 amide bonds. The molecule has 1 aliphatic heterocycles. The lowest BCUT2D eigenvalue weighted by molar-refractivity contribution is -0.137. The van der Waals surface area contributed by atoms with Gasteiger partial charge in [-0.15, -0.1) is 0 Å². The minimum Gasteiger partial charge on any atom is -0.481 e. The molecule has 1 atom stereocenters. The predicted molar refractivity (Wildman–Crippen MR) is 77.5 cm³/mol. The van der Waals surface area contributed by atoms with E-state index in [1.54, 1.807) is 0 Å². The molecule has 1 unspecified atom stereocenters. The van der Waals surface area contributed by atoms with Gasteiger partial charge in [0.15, 0.2) is 9.84 Å². The lowest BCUT2D eigenvalue weighted by Gasteiger charge is -2.33. The third kappa shape index (κ3) is 5.58. The Hall–Kier alpha value is -0.960. The summed E-state index contributed by atoms with van der Waals surface area (Å²) in [6.07, 6.45) is 2.25. The number of carbonyl (C=O) groups is 2. The number of unbranched alkanes of at least 4 members (excludes halogenated alkanes) is 1. The van der Waals surface area contributed by atoms with Gasteiger partial charge < -0.3 is 15.3 Å². The van der Waals surface area contributed by atoms with Gasteiger partial charge in [-0.2, -0.15) is 11.8 Å². The first kappa shape index (κ1) is 17.1. The van der Waals surface area contributed by atoms with Gasteiger partial charge >= 0.3 is 12.0 Å². The summed E-state index contributed by atoms with van der Waals surface area (Å²) in [5.74, 6) is 0.255. The highest BCUT2D eigenvalue weighted by Gasteiger charge is 2.33.